The minimum Gasteiger partial charge on any atom is -0.550 e. The van der Waals surface area contributed by atoms with Crippen LogP contribution in [0.3, 0.4) is 0 Å². The number of carboxylic acid groups (broad SMARTS) is 3. The second-order valence-electron chi connectivity index (χ2n) is 19.2. The molecule has 0 aromatic rings. The fourth-order valence-corrected chi connectivity index (χ4v) is 8.08. The van der Waals surface area contributed by atoms with Crippen molar-refractivity contribution >= 4 is 17.9 Å². The minimum absolute atomic E-state index is 0. The van der Waals surface area contributed by atoms with Crippen LogP contribution in [0.1, 0.15) is 329 Å². The van der Waals surface area contributed by atoms with Crippen LogP contribution in [0, 0.1) is 37.3 Å². The van der Waals surface area contributed by atoms with Crippen LogP contribution in [0.2, 0.25) is 0 Å². The first-order valence-electron chi connectivity index (χ1n) is 28.9. The molecule has 0 N–H and O–H groups in total. The molecule has 6 nitrogen and oxygen atoms in total. The Labute approximate surface area is 447 Å². The van der Waals surface area contributed by atoms with Crippen LogP contribution in [0.5, 0.6) is 0 Å². The predicted octanol–water partition coefficient (Wildman–Crippen LogP) is 16.7. The van der Waals surface area contributed by atoms with Crippen LogP contribution in [0.25, 0.3) is 0 Å². The first-order valence-corrected chi connectivity index (χ1v) is 28.9. The zero-order valence-corrected chi connectivity index (χ0v) is 46.5. The van der Waals surface area contributed by atoms with E-state index in [9.17, 15) is 29.7 Å². The Hall–Kier alpha value is -1.12. The number of unbranched alkanes of at least 4 members (excludes halogenated alkanes) is 39. The summed E-state index contributed by atoms with van der Waals surface area (Å²) >= 11 is 0. The molecule has 0 saturated heterocycles. The number of carbonyl (C=O) groups is 3. The quantitative estimate of drug-likeness (QED) is 0.0442. The zero-order chi connectivity index (χ0) is 48.9. The van der Waals surface area contributed by atoms with E-state index in [2.05, 4.69) is 57.2 Å². The molecule has 0 aliphatic heterocycles. The number of aliphatic carboxylic acids is 3. The third kappa shape index (κ3) is 82.1. The van der Waals surface area contributed by atoms with Gasteiger partial charge in [-0.2, -0.15) is 0 Å². The van der Waals surface area contributed by atoms with Crippen molar-refractivity contribution in [3.05, 3.63) is 36.5 Å². The summed E-state index contributed by atoms with van der Waals surface area (Å²) in [5.74, 6) is -2.74. The van der Waals surface area contributed by atoms with Crippen molar-refractivity contribution in [3.63, 3.8) is 0 Å². The summed E-state index contributed by atoms with van der Waals surface area (Å²) in [5, 5.41) is 30.7. The van der Waals surface area contributed by atoms with Gasteiger partial charge in [0.2, 0.25) is 0 Å². The largest absolute Gasteiger partial charge is 3.00 e. The Kier molecular flexibility index (Phi) is 74.7. The third-order valence-electron chi connectivity index (χ3n) is 12.4. The van der Waals surface area contributed by atoms with E-state index in [-0.39, 0.29) is 56.6 Å². The summed E-state index contributed by atoms with van der Waals surface area (Å²) in [4.78, 5) is 30.7. The smallest absolute Gasteiger partial charge is 0.550 e. The van der Waals surface area contributed by atoms with Crippen molar-refractivity contribution in [2.24, 2.45) is 0 Å². The Morgan fingerprint density at radius 1 is 0.239 bits per heavy atom. The molecule has 0 aliphatic rings. The SMILES string of the molecule is CCCCCCCCCC/C=C\CCCCCCCC(=O)[O-].CCCCCCCCCC/C=C\CCCCCCCC(=O)[O-].CCCCCCCCCC/C=C\CCCCCCCC(=O)[O-].[Er+3]. The van der Waals surface area contributed by atoms with Gasteiger partial charge in [0, 0.05) is 17.9 Å². The molecule has 0 atom stereocenters. The summed E-state index contributed by atoms with van der Waals surface area (Å²) in [6.45, 7) is 6.80. The van der Waals surface area contributed by atoms with Crippen LogP contribution in [0.15, 0.2) is 36.5 Å². The molecule has 0 saturated carbocycles. The van der Waals surface area contributed by atoms with Gasteiger partial charge in [-0.05, 0) is 116 Å². The molecule has 7 heteroatoms. The Morgan fingerprint density at radius 2 is 0.373 bits per heavy atom. The number of hydrogen-bond donors (Lipinski definition) is 0. The van der Waals surface area contributed by atoms with Crippen molar-refractivity contribution < 1.29 is 67.0 Å². The first-order chi connectivity index (χ1) is 32.3. The van der Waals surface area contributed by atoms with Gasteiger partial charge in [0.15, 0.2) is 0 Å². The van der Waals surface area contributed by atoms with Crippen LogP contribution < -0.4 is 15.3 Å². The van der Waals surface area contributed by atoms with E-state index in [0.717, 1.165) is 57.8 Å². The molecule has 0 unspecified atom stereocenters. The van der Waals surface area contributed by atoms with Gasteiger partial charge >= 0.3 is 37.3 Å². The van der Waals surface area contributed by atoms with Gasteiger partial charge in [-0.15, -0.1) is 0 Å². The molecule has 0 rings (SSSR count). The Morgan fingerprint density at radius 3 is 0.522 bits per heavy atom. The molecular weight excluding hydrogens is 984 g/mol. The Balaban J connectivity index is -0.000000441. The number of allylic oxidation sites excluding steroid dienone is 6. The van der Waals surface area contributed by atoms with E-state index in [1.165, 1.54) is 231 Å². The second-order valence-corrected chi connectivity index (χ2v) is 19.2. The van der Waals surface area contributed by atoms with Crippen LogP contribution in [-0.2, 0) is 14.4 Å². The summed E-state index contributed by atoms with van der Waals surface area (Å²) in [5.41, 5.74) is 0. The summed E-state index contributed by atoms with van der Waals surface area (Å²) in [6, 6.07) is 0. The maximum Gasteiger partial charge on any atom is 3.00 e. The summed E-state index contributed by atoms with van der Waals surface area (Å²) in [6.07, 6.45) is 71.5. The molecule has 0 aromatic heterocycles. The first kappa shape index (κ1) is 72.4. The van der Waals surface area contributed by atoms with E-state index in [1.807, 2.05) is 0 Å². The van der Waals surface area contributed by atoms with E-state index < -0.39 is 17.9 Å². The average molecular weight is 1100 g/mol. The zero-order valence-electron chi connectivity index (χ0n) is 44.6. The number of carboxylic acids is 3. The van der Waals surface area contributed by atoms with Crippen molar-refractivity contribution in [3.8, 4) is 0 Å². The van der Waals surface area contributed by atoms with E-state index in [0.29, 0.717) is 0 Å². The van der Waals surface area contributed by atoms with Gasteiger partial charge in [0.05, 0.1) is 0 Å². The Bertz CT molecular complexity index is 911. The molecule has 1 radical (unpaired) electrons. The van der Waals surface area contributed by atoms with E-state index in [1.54, 1.807) is 0 Å². The van der Waals surface area contributed by atoms with Gasteiger partial charge < -0.3 is 29.7 Å². The number of carbonyl (C=O) groups excluding carboxylic acids is 3. The molecule has 0 spiro atoms. The van der Waals surface area contributed by atoms with E-state index in [4.69, 9.17) is 0 Å². The van der Waals surface area contributed by atoms with Crippen molar-refractivity contribution in [1.29, 1.82) is 0 Å². The fraction of sp³-hybridized carbons (Fsp3) is 0.850. The monoisotopic (exact) mass is 1090 g/mol. The maximum absolute atomic E-state index is 10.2. The van der Waals surface area contributed by atoms with E-state index >= 15 is 0 Å². The third-order valence-corrected chi connectivity index (χ3v) is 12.4. The topological polar surface area (TPSA) is 120 Å². The average Bonchev–Trinajstić information content (AvgIpc) is 3.29. The number of hydrogen-bond acceptors (Lipinski definition) is 6. The standard InChI is InChI=1S/3C20H38O2.Er/c3*1-2-3-4-5-6-7-8-9-10-11-12-13-14-15-16-17-18-19-20(21)22;/h3*11-12H,2-10,13-19H2,1H3,(H,21,22);/q;;;+3/p-3/b3*12-11-;. The number of rotatable bonds is 51. The van der Waals surface area contributed by atoms with Crippen molar-refractivity contribution in [2.75, 3.05) is 0 Å². The summed E-state index contributed by atoms with van der Waals surface area (Å²) in [7, 11) is 0. The minimum atomic E-state index is -0.913. The molecule has 67 heavy (non-hydrogen) atoms. The van der Waals surface area contributed by atoms with Gasteiger partial charge in [-0.1, -0.05) is 250 Å². The molecule has 0 aliphatic carbocycles. The second kappa shape index (κ2) is 69.1. The van der Waals surface area contributed by atoms with Crippen LogP contribution in [0.4, 0.5) is 0 Å². The molecule has 399 valence electrons. The molecule has 0 fully saturated rings. The molecular formula is C60H111ErO6. The van der Waals surface area contributed by atoms with Gasteiger partial charge in [-0.3, -0.25) is 0 Å². The van der Waals surface area contributed by atoms with Gasteiger partial charge in [0.25, 0.3) is 0 Å². The molecule has 0 amide bonds. The molecule has 0 aromatic carbocycles. The molecule has 0 bridgehead atoms. The van der Waals surface area contributed by atoms with Crippen molar-refractivity contribution in [1.82, 2.24) is 0 Å². The van der Waals surface area contributed by atoms with Crippen molar-refractivity contribution in [2.45, 2.75) is 329 Å². The normalized spacial score (nSPS) is 11.1. The molecule has 0 heterocycles. The fourth-order valence-electron chi connectivity index (χ4n) is 8.08. The van der Waals surface area contributed by atoms with Gasteiger partial charge in [-0.25, -0.2) is 0 Å². The van der Waals surface area contributed by atoms with Crippen LogP contribution >= 0.6 is 0 Å². The van der Waals surface area contributed by atoms with Crippen LogP contribution in [-0.4, -0.2) is 17.9 Å². The van der Waals surface area contributed by atoms with Gasteiger partial charge in [0.1, 0.15) is 0 Å². The maximum atomic E-state index is 10.2. The summed E-state index contributed by atoms with van der Waals surface area (Å²) < 4.78 is 0. The predicted molar refractivity (Wildman–Crippen MR) is 281 cm³/mol.